The largest absolute Gasteiger partial charge is 0.506 e. The van der Waals surface area contributed by atoms with E-state index in [9.17, 15) is 5.11 Å². The van der Waals surface area contributed by atoms with Crippen LogP contribution < -0.4 is 4.90 Å². The number of benzene rings is 2. The summed E-state index contributed by atoms with van der Waals surface area (Å²) in [5.74, 6) is 0.303. The predicted octanol–water partition coefficient (Wildman–Crippen LogP) is 3.89. The molecule has 2 heteroatoms. The molecule has 18 heavy (non-hydrogen) atoms. The first-order chi connectivity index (χ1) is 8.81. The van der Waals surface area contributed by atoms with E-state index in [1.165, 1.54) is 0 Å². The highest BCUT2D eigenvalue weighted by Gasteiger charge is 2.04. The Bertz CT molecular complexity index is 520. The van der Waals surface area contributed by atoms with Gasteiger partial charge in [0.25, 0.3) is 0 Å². The van der Waals surface area contributed by atoms with Gasteiger partial charge < -0.3 is 10.0 Å². The Labute approximate surface area is 108 Å². The molecule has 1 N–H and O–H groups in total. The van der Waals surface area contributed by atoms with Crippen molar-refractivity contribution in [2.75, 3.05) is 11.4 Å². The maximum absolute atomic E-state index is 9.83. The van der Waals surface area contributed by atoms with Crippen molar-refractivity contribution in [3.63, 3.8) is 0 Å². The van der Waals surface area contributed by atoms with Gasteiger partial charge >= 0.3 is 0 Å². The van der Waals surface area contributed by atoms with Crippen LogP contribution in [0.2, 0.25) is 0 Å². The van der Waals surface area contributed by atoms with Crippen LogP contribution >= 0.6 is 0 Å². The number of phenolic OH excluding ortho intramolecular Hbond substituents is 1. The molecule has 0 atom stereocenters. The lowest BCUT2D eigenvalue weighted by Crippen LogP contribution is -2.14. The fraction of sp³-hybridized carbons (Fsp3) is 0.125. The van der Waals surface area contributed by atoms with Gasteiger partial charge in [0.15, 0.2) is 0 Å². The number of hydrogen-bond acceptors (Lipinski definition) is 2. The van der Waals surface area contributed by atoms with Crippen LogP contribution in [0.1, 0.15) is 12.5 Å². The highest BCUT2D eigenvalue weighted by atomic mass is 16.3. The summed E-state index contributed by atoms with van der Waals surface area (Å²) in [6.45, 7) is 2.86. The summed E-state index contributed by atoms with van der Waals surface area (Å²) in [6.07, 6.45) is 4.03. The molecule has 0 saturated carbocycles. The minimum Gasteiger partial charge on any atom is -0.506 e. The molecule has 0 fully saturated rings. The number of anilines is 1. The molecule has 2 aromatic rings. The third kappa shape index (κ3) is 2.92. The van der Waals surface area contributed by atoms with Gasteiger partial charge in [0.1, 0.15) is 5.75 Å². The Hall–Kier alpha value is -2.22. The van der Waals surface area contributed by atoms with Crippen molar-refractivity contribution in [2.24, 2.45) is 0 Å². The van der Waals surface area contributed by atoms with Crippen molar-refractivity contribution in [2.45, 2.75) is 6.92 Å². The summed E-state index contributed by atoms with van der Waals surface area (Å²) < 4.78 is 0. The van der Waals surface area contributed by atoms with Crippen LogP contribution in [0.25, 0.3) is 6.08 Å². The average Bonchev–Trinajstić information content (AvgIpc) is 2.42. The molecule has 0 radical (unpaired) electrons. The number of rotatable bonds is 4. The summed E-state index contributed by atoms with van der Waals surface area (Å²) in [7, 11) is 0. The van der Waals surface area contributed by atoms with Crippen LogP contribution in [0.5, 0.6) is 5.75 Å². The molecule has 92 valence electrons. The molecule has 0 unspecified atom stereocenters. The van der Waals surface area contributed by atoms with E-state index in [4.69, 9.17) is 0 Å². The van der Waals surface area contributed by atoms with Gasteiger partial charge in [-0.2, -0.15) is 0 Å². The number of nitrogens with zero attached hydrogens (tertiary/aromatic N) is 1. The normalized spacial score (nSPS) is 10.7. The maximum Gasteiger partial charge on any atom is 0.139 e. The van der Waals surface area contributed by atoms with Crippen LogP contribution in [-0.2, 0) is 0 Å². The molecular formula is C16H17NO. The minimum absolute atomic E-state index is 0.303. The van der Waals surface area contributed by atoms with E-state index in [-0.39, 0.29) is 0 Å². The molecule has 0 spiro atoms. The second-order valence-corrected chi connectivity index (χ2v) is 4.00. The molecule has 2 nitrogen and oxygen atoms in total. The Morgan fingerprint density at radius 3 is 2.33 bits per heavy atom. The summed E-state index contributed by atoms with van der Waals surface area (Å²) in [4.78, 5) is 2.02. The smallest absolute Gasteiger partial charge is 0.139 e. The Balaban J connectivity index is 2.21. The zero-order valence-electron chi connectivity index (χ0n) is 10.5. The van der Waals surface area contributed by atoms with Gasteiger partial charge in [-0.25, -0.2) is 0 Å². The summed E-state index contributed by atoms with van der Waals surface area (Å²) in [5, 5.41) is 9.83. The Morgan fingerprint density at radius 1 is 1.00 bits per heavy atom. The monoisotopic (exact) mass is 239 g/mol. The standard InChI is InChI=1S/C16H17NO/c1-2-17(15-10-6-7-11-16(15)18)13-12-14-8-4-3-5-9-14/h3-13,18H,2H2,1H3. The van der Waals surface area contributed by atoms with Gasteiger partial charge in [-0.05, 0) is 30.7 Å². The quantitative estimate of drug-likeness (QED) is 0.875. The first kappa shape index (κ1) is 12.2. The molecule has 2 aromatic carbocycles. The first-order valence-corrected chi connectivity index (χ1v) is 6.09. The lowest BCUT2D eigenvalue weighted by Gasteiger charge is -2.19. The lowest BCUT2D eigenvalue weighted by atomic mass is 10.2. The van der Waals surface area contributed by atoms with Crippen molar-refractivity contribution < 1.29 is 5.11 Å². The Morgan fingerprint density at radius 2 is 1.67 bits per heavy atom. The van der Waals surface area contributed by atoms with Crippen LogP contribution in [-0.4, -0.2) is 11.7 Å². The molecule has 0 saturated heterocycles. The van der Waals surface area contributed by atoms with Crippen LogP contribution in [0.15, 0.2) is 60.8 Å². The second-order valence-electron chi connectivity index (χ2n) is 4.00. The third-order valence-corrected chi connectivity index (χ3v) is 2.78. The minimum atomic E-state index is 0.303. The third-order valence-electron chi connectivity index (χ3n) is 2.78. The fourth-order valence-corrected chi connectivity index (χ4v) is 1.80. The van der Waals surface area contributed by atoms with Gasteiger partial charge in [-0.3, -0.25) is 0 Å². The van der Waals surface area contributed by atoms with Gasteiger partial charge in [-0.15, -0.1) is 0 Å². The van der Waals surface area contributed by atoms with Gasteiger partial charge in [0, 0.05) is 12.7 Å². The Kier molecular flexibility index (Phi) is 4.02. The van der Waals surface area contributed by atoms with Gasteiger partial charge in [-0.1, -0.05) is 42.5 Å². The van der Waals surface area contributed by atoms with E-state index >= 15 is 0 Å². The number of hydrogen-bond donors (Lipinski definition) is 1. The second kappa shape index (κ2) is 5.92. The molecule has 0 heterocycles. The fourth-order valence-electron chi connectivity index (χ4n) is 1.80. The molecule has 2 rings (SSSR count). The zero-order valence-corrected chi connectivity index (χ0v) is 10.5. The van der Waals surface area contributed by atoms with Crippen molar-refractivity contribution in [3.05, 3.63) is 66.4 Å². The van der Waals surface area contributed by atoms with E-state index < -0.39 is 0 Å². The van der Waals surface area contributed by atoms with E-state index in [1.807, 2.05) is 53.6 Å². The predicted molar refractivity (Wildman–Crippen MR) is 76.6 cm³/mol. The van der Waals surface area contributed by atoms with Crippen molar-refractivity contribution in [1.82, 2.24) is 0 Å². The summed E-state index contributed by atoms with van der Waals surface area (Å²) >= 11 is 0. The van der Waals surface area contributed by atoms with E-state index in [1.54, 1.807) is 6.07 Å². The zero-order chi connectivity index (χ0) is 12.8. The highest BCUT2D eigenvalue weighted by Crippen LogP contribution is 2.26. The van der Waals surface area contributed by atoms with Gasteiger partial charge in [0.2, 0.25) is 0 Å². The number of phenols is 1. The summed E-state index contributed by atoms with van der Waals surface area (Å²) in [6, 6.07) is 17.5. The van der Waals surface area contributed by atoms with Crippen LogP contribution in [0.4, 0.5) is 5.69 Å². The van der Waals surface area contributed by atoms with E-state index in [0.717, 1.165) is 17.8 Å². The topological polar surface area (TPSA) is 23.5 Å². The van der Waals surface area contributed by atoms with Crippen molar-refractivity contribution in [3.8, 4) is 5.75 Å². The molecule has 0 aliphatic heterocycles. The highest BCUT2D eigenvalue weighted by molar-refractivity contribution is 5.62. The number of aromatic hydroxyl groups is 1. The lowest BCUT2D eigenvalue weighted by molar-refractivity contribution is 0.475. The molecule has 0 aliphatic rings. The van der Waals surface area contributed by atoms with Crippen molar-refractivity contribution in [1.29, 1.82) is 0 Å². The molecular weight excluding hydrogens is 222 g/mol. The van der Waals surface area contributed by atoms with Crippen LogP contribution in [0.3, 0.4) is 0 Å². The first-order valence-electron chi connectivity index (χ1n) is 6.09. The molecule has 0 aliphatic carbocycles. The summed E-state index contributed by atoms with van der Waals surface area (Å²) in [5.41, 5.74) is 1.97. The van der Waals surface area contributed by atoms with Gasteiger partial charge in [0.05, 0.1) is 5.69 Å². The number of para-hydroxylation sites is 2. The van der Waals surface area contributed by atoms with E-state index in [2.05, 4.69) is 19.1 Å². The van der Waals surface area contributed by atoms with Crippen molar-refractivity contribution >= 4 is 11.8 Å². The maximum atomic E-state index is 9.83. The molecule has 0 amide bonds. The van der Waals surface area contributed by atoms with E-state index in [0.29, 0.717) is 5.75 Å². The SMILES string of the molecule is CCN(C=Cc1ccccc1)c1ccccc1O. The molecule has 0 aromatic heterocycles. The average molecular weight is 239 g/mol. The molecule has 0 bridgehead atoms. The van der Waals surface area contributed by atoms with Crippen LogP contribution in [0, 0.1) is 0 Å².